The Morgan fingerprint density at radius 2 is 1.85 bits per heavy atom. The molecular weight excluding hydrogens is 363 g/mol. The molecule has 27 heavy (non-hydrogen) atoms. The summed E-state index contributed by atoms with van der Waals surface area (Å²) in [6.07, 6.45) is 3.05. The molecule has 0 aliphatic rings. The summed E-state index contributed by atoms with van der Waals surface area (Å²) in [4.78, 5) is 17.7. The summed E-state index contributed by atoms with van der Waals surface area (Å²) >= 11 is 1.54. The highest BCUT2D eigenvalue weighted by atomic mass is 32.1. The second kappa shape index (κ2) is 7.51. The molecule has 1 amide bonds. The van der Waals surface area contributed by atoms with Crippen LogP contribution in [-0.2, 0) is 0 Å². The minimum absolute atomic E-state index is 0.206. The van der Waals surface area contributed by atoms with Crippen LogP contribution in [0.3, 0.4) is 0 Å². The van der Waals surface area contributed by atoms with Gasteiger partial charge in [0.25, 0.3) is 5.91 Å². The van der Waals surface area contributed by atoms with Gasteiger partial charge in [-0.05, 0) is 53.4 Å². The van der Waals surface area contributed by atoms with E-state index in [4.69, 9.17) is 0 Å². The Labute approximate surface area is 159 Å². The number of benzene rings is 2. The molecule has 134 valence electrons. The van der Waals surface area contributed by atoms with Crippen molar-refractivity contribution in [2.45, 2.75) is 6.04 Å². The maximum Gasteiger partial charge on any atom is 0.252 e. The van der Waals surface area contributed by atoms with Gasteiger partial charge in [0.1, 0.15) is 18.5 Å². The third-order valence-electron chi connectivity index (χ3n) is 4.12. The van der Waals surface area contributed by atoms with Crippen LogP contribution in [0.4, 0.5) is 4.39 Å². The summed E-state index contributed by atoms with van der Waals surface area (Å²) in [5.74, 6) is -0.512. The zero-order valence-corrected chi connectivity index (χ0v) is 14.9. The molecule has 4 rings (SSSR count). The first-order valence-electron chi connectivity index (χ1n) is 8.25. The van der Waals surface area contributed by atoms with Gasteiger partial charge in [-0.25, -0.2) is 14.1 Å². The first kappa shape index (κ1) is 17.1. The van der Waals surface area contributed by atoms with Gasteiger partial charge in [0.2, 0.25) is 0 Å². The molecule has 0 bridgehead atoms. The number of hydrogen-bond acceptors (Lipinski definition) is 4. The number of carbonyl (C=O) groups is 1. The van der Waals surface area contributed by atoms with Crippen LogP contribution in [0.1, 0.15) is 26.8 Å². The molecule has 2 aromatic carbocycles. The van der Waals surface area contributed by atoms with Gasteiger partial charge in [0, 0.05) is 10.4 Å². The molecule has 1 unspecified atom stereocenters. The summed E-state index contributed by atoms with van der Waals surface area (Å²) in [7, 11) is 0. The van der Waals surface area contributed by atoms with Gasteiger partial charge in [-0.15, -0.1) is 11.3 Å². The number of halogens is 1. The fourth-order valence-corrected chi connectivity index (χ4v) is 3.55. The predicted molar refractivity (Wildman–Crippen MR) is 101 cm³/mol. The first-order valence-corrected chi connectivity index (χ1v) is 9.13. The smallest absolute Gasteiger partial charge is 0.252 e. The number of rotatable bonds is 5. The number of carbonyl (C=O) groups excluding carboxylic acids is 1. The van der Waals surface area contributed by atoms with E-state index in [0.717, 1.165) is 16.1 Å². The Bertz CT molecular complexity index is 1010. The second-order valence-corrected chi connectivity index (χ2v) is 6.84. The zero-order valence-electron chi connectivity index (χ0n) is 14.1. The minimum Gasteiger partial charge on any atom is -0.340 e. The molecule has 0 saturated heterocycles. The third kappa shape index (κ3) is 3.78. The lowest BCUT2D eigenvalue weighted by Gasteiger charge is -2.18. The summed E-state index contributed by atoms with van der Waals surface area (Å²) in [6, 6.07) is 16.8. The van der Waals surface area contributed by atoms with Crippen LogP contribution in [0.5, 0.6) is 0 Å². The largest absolute Gasteiger partial charge is 0.340 e. The lowest BCUT2D eigenvalue weighted by atomic mass is 10.0. The van der Waals surface area contributed by atoms with Gasteiger partial charge in [0.15, 0.2) is 0 Å². The van der Waals surface area contributed by atoms with Gasteiger partial charge in [-0.3, -0.25) is 4.79 Å². The van der Waals surface area contributed by atoms with Gasteiger partial charge in [-0.1, -0.05) is 18.2 Å². The summed E-state index contributed by atoms with van der Waals surface area (Å²) in [5.41, 5.74) is 2.17. The maximum absolute atomic E-state index is 13.3. The molecule has 0 radical (unpaired) electrons. The fourth-order valence-electron chi connectivity index (χ4n) is 2.75. The van der Waals surface area contributed by atoms with Crippen molar-refractivity contribution in [2.75, 3.05) is 0 Å². The SMILES string of the molecule is O=C(NC(c1ccc(F)cc1)c1cccs1)c1ccc(-n2cncn2)cc1. The van der Waals surface area contributed by atoms with Crippen LogP contribution in [0.25, 0.3) is 5.69 Å². The molecule has 0 fully saturated rings. The number of nitrogens with zero attached hydrogens (tertiary/aromatic N) is 3. The summed E-state index contributed by atoms with van der Waals surface area (Å²) in [5, 5.41) is 9.05. The molecule has 2 aromatic heterocycles. The highest BCUT2D eigenvalue weighted by molar-refractivity contribution is 7.10. The highest BCUT2D eigenvalue weighted by Crippen LogP contribution is 2.26. The standard InChI is InChI=1S/C20H15FN4OS/c21-16-7-3-14(4-8-16)19(18-2-1-11-27-18)24-20(26)15-5-9-17(10-6-15)25-13-22-12-23-25/h1-13,19H,(H,24,26). The Morgan fingerprint density at radius 1 is 1.07 bits per heavy atom. The zero-order chi connectivity index (χ0) is 18.6. The van der Waals surface area contributed by atoms with Gasteiger partial charge in [-0.2, -0.15) is 5.10 Å². The fraction of sp³-hybridized carbons (Fsp3) is 0.0500. The van der Waals surface area contributed by atoms with Crippen molar-refractivity contribution in [1.29, 1.82) is 0 Å². The van der Waals surface area contributed by atoms with Crippen LogP contribution >= 0.6 is 11.3 Å². The maximum atomic E-state index is 13.3. The molecule has 2 heterocycles. The topological polar surface area (TPSA) is 59.8 Å². The van der Waals surface area contributed by atoms with Crippen LogP contribution in [0, 0.1) is 5.82 Å². The normalized spacial score (nSPS) is 11.9. The number of amides is 1. The Kier molecular flexibility index (Phi) is 4.76. The van der Waals surface area contributed by atoms with E-state index in [2.05, 4.69) is 15.4 Å². The van der Waals surface area contributed by atoms with Crippen molar-refractivity contribution in [3.8, 4) is 5.69 Å². The van der Waals surface area contributed by atoms with Crippen molar-refractivity contribution >= 4 is 17.2 Å². The molecule has 0 spiro atoms. The molecule has 0 saturated carbocycles. The molecule has 1 N–H and O–H groups in total. The van der Waals surface area contributed by atoms with Crippen molar-refractivity contribution < 1.29 is 9.18 Å². The van der Waals surface area contributed by atoms with E-state index >= 15 is 0 Å². The van der Waals surface area contributed by atoms with Gasteiger partial charge < -0.3 is 5.32 Å². The van der Waals surface area contributed by atoms with Gasteiger partial charge in [0.05, 0.1) is 11.7 Å². The summed E-state index contributed by atoms with van der Waals surface area (Å²) < 4.78 is 14.9. The van der Waals surface area contributed by atoms with Crippen LogP contribution in [0.15, 0.2) is 78.7 Å². The highest BCUT2D eigenvalue weighted by Gasteiger charge is 2.19. The van der Waals surface area contributed by atoms with Crippen molar-refractivity contribution in [3.63, 3.8) is 0 Å². The quantitative estimate of drug-likeness (QED) is 0.571. The Morgan fingerprint density at radius 3 is 2.48 bits per heavy atom. The second-order valence-electron chi connectivity index (χ2n) is 5.86. The molecular formula is C20H15FN4OS. The number of hydrogen-bond donors (Lipinski definition) is 1. The van der Waals surface area contributed by atoms with Crippen LogP contribution < -0.4 is 5.32 Å². The van der Waals surface area contributed by atoms with E-state index in [-0.39, 0.29) is 17.8 Å². The Hall–Kier alpha value is -3.32. The van der Waals surface area contributed by atoms with Crippen molar-refractivity contribution in [1.82, 2.24) is 20.1 Å². The minimum atomic E-state index is -0.340. The monoisotopic (exact) mass is 378 g/mol. The summed E-state index contributed by atoms with van der Waals surface area (Å²) in [6.45, 7) is 0. The van der Waals surface area contributed by atoms with E-state index in [1.807, 2.05) is 29.6 Å². The first-order chi connectivity index (χ1) is 13.2. The number of thiophene rings is 1. The average Bonchev–Trinajstić information content (AvgIpc) is 3.41. The molecule has 1 atom stereocenters. The van der Waals surface area contributed by atoms with E-state index in [9.17, 15) is 9.18 Å². The van der Waals surface area contributed by atoms with E-state index < -0.39 is 0 Å². The lowest BCUT2D eigenvalue weighted by Crippen LogP contribution is -2.28. The molecule has 0 aliphatic heterocycles. The molecule has 5 nitrogen and oxygen atoms in total. The number of aromatic nitrogens is 3. The van der Waals surface area contributed by atoms with E-state index in [1.165, 1.54) is 18.5 Å². The Balaban J connectivity index is 1.57. The predicted octanol–water partition coefficient (Wildman–Crippen LogP) is 3.99. The molecule has 7 heteroatoms. The molecule has 0 aliphatic carbocycles. The van der Waals surface area contributed by atoms with E-state index in [1.54, 1.807) is 46.6 Å². The third-order valence-corrected chi connectivity index (χ3v) is 5.06. The lowest BCUT2D eigenvalue weighted by molar-refractivity contribution is 0.0943. The number of nitrogens with one attached hydrogen (secondary N) is 1. The van der Waals surface area contributed by atoms with Crippen LogP contribution in [0.2, 0.25) is 0 Å². The van der Waals surface area contributed by atoms with Crippen LogP contribution in [-0.4, -0.2) is 20.7 Å². The van der Waals surface area contributed by atoms with Crippen molar-refractivity contribution in [3.05, 3.63) is 101 Å². The van der Waals surface area contributed by atoms with E-state index in [0.29, 0.717) is 5.56 Å². The molecule has 4 aromatic rings. The average molecular weight is 378 g/mol. The van der Waals surface area contributed by atoms with Crippen molar-refractivity contribution in [2.24, 2.45) is 0 Å². The van der Waals surface area contributed by atoms with Gasteiger partial charge >= 0.3 is 0 Å².